The first kappa shape index (κ1) is 18.6. The van der Waals surface area contributed by atoms with Crippen LogP contribution in [-0.2, 0) is 27.2 Å². The maximum absolute atomic E-state index is 13.0. The minimum absolute atomic E-state index is 0.0610. The van der Waals surface area contributed by atoms with Crippen LogP contribution in [0, 0.1) is 5.82 Å². The van der Waals surface area contributed by atoms with Crippen LogP contribution in [0.25, 0.3) is 10.8 Å². The summed E-state index contributed by atoms with van der Waals surface area (Å²) < 4.78 is 17.8. The molecule has 3 rings (SSSR count). The van der Waals surface area contributed by atoms with E-state index in [9.17, 15) is 14.0 Å². The van der Waals surface area contributed by atoms with Crippen LogP contribution >= 0.6 is 0 Å². The van der Waals surface area contributed by atoms with Crippen molar-refractivity contribution >= 4 is 22.6 Å². The molecule has 0 aliphatic rings. The van der Waals surface area contributed by atoms with Gasteiger partial charge in [-0.3, -0.25) is 4.79 Å². The topological polar surface area (TPSA) is 55.4 Å². The van der Waals surface area contributed by atoms with Crippen LogP contribution in [0.15, 0.2) is 66.7 Å². The number of halogens is 1. The molecule has 138 valence electrons. The van der Waals surface area contributed by atoms with E-state index in [4.69, 9.17) is 4.74 Å². The molecule has 0 unspecified atom stereocenters. The van der Waals surface area contributed by atoms with E-state index < -0.39 is 12.0 Å². The highest BCUT2D eigenvalue weighted by Crippen LogP contribution is 2.17. The molecular weight excluding hydrogens is 345 g/mol. The number of hydrogen-bond donors (Lipinski definition) is 1. The number of benzene rings is 3. The van der Waals surface area contributed by atoms with Crippen LogP contribution in [0.5, 0.6) is 0 Å². The van der Waals surface area contributed by atoms with Gasteiger partial charge in [-0.15, -0.1) is 0 Å². The third kappa shape index (κ3) is 4.91. The van der Waals surface area contributed by atoms with E-state index >= 15 is 0 Å². The van der Waals surface area contributed by atoms with Gasteiger partial charge >= 0.3 is 5.97 Å². The summed E-state index contributed by atoms with van der Waals surface area (Å²) in [5, 5.41) is 4.89. The summed E-state index contributed by atoms with van der Waals surface area (Å²) in [6.45, 7) is 0. The predicted molar refractivity (Wildman–Crippen MR) is 102 cm³/mol. The van der Waals surface area contributed by atoms with Crippen LogP contribution in [0.1, 0.15) is 11.1 Å². The summed E-state index contributed by atoms with van der Waals surface area (Å²) in [7, 11) is 1.29. The standard InChI is InChI=1S/C22H20FNO3/c1-27-22(26)20(24-21(25)14-15-7-10-19(23)11-8-15)13-16-6-9-17-4-2-3-5-18(17)12-16/h2-12,20H,13-14H2,1H3,(H,24,25)/t20-/m0/s1. The number of methoxy groups -OCH3 is 1. The van der Waals surface area contributed by atoms with Gasteiger partial charge in [0.2, 0.25) is 5.91 Å². The molecule has 0 aliphatic heterocycles. The fourth-order valence-electron chi connectivity index (χ4n) is 2.97. The molecule has 0 radical (unpaired) electrons. The monoisotopic (exact) mass is 365 g/mol. The molecule has 0 heterocycles. The first-order valence-corrected chi connectivity index (χ1v) is 8.64. The summed E-state index contributed by atoms with van der Waals surface area (Å²) in [4.78, 5) is 24.4. The molecule has 4 nitrogen and oxygen atoms in total. The van der Waals surface area contributed by atoms with Gasteiger partial charge in [0.15, 0.2) is 0 Å². The molecule has 27 heavy (non-hydrogen) atoms. The van der Waals surface area contributed by atoms with Gasteiger partial charge in [-0.25, -0.2) is 9.18 Å². The minimum Gasteiger partial charge on any atom is -0.467 e. The van der Waals surface area contributed by atoms with E-state index in [-0.39, 0.29) is 18.1 Å². The number of carbonyl (C=O) groups is 2. The number of fused-ring (bicyclic) bond motifs is 1. The molecule has 0 aliphatic carbocycles. The predicted octanol–water partition coefficient (Wildman–Crippen LogP) is 3.42. The summed E-state index contributed by atoms with van der Waals surface area (Å²) in [5.74, 6) is -1.18. The Bertz CT molecular complexity index is 953. The Labute approximate surface area is 157 Å². The second-order valence-electron chi connectivity index (χ2n) is 6.33. The van der Waals surface area contributed by atoms with Crippen molar-refractivity contribution in [1.82, 2.24) is 5.32 Å². The molecule has 5 heteroatoms. The second-order valence-corrected chi connectivity index (χ2v) is 6.33. The summed E-state index contributed by atoms with van der Waals surface area (Å²) in [6.07, 6.45) is 0.387. The van der Waals surface area contributed by atoms with E-state index in [0.29, 0.717) is 12.0 Å². The lowest BCUT2D eigenvalue weighted by molar-refractivity contribution is -0.145. The number of esters is 1. The van der Waals surface area contributed by atoms with Crippen molar-refractivity contribution in [3.8, 4) is 0 Å². The van der Waals surface area contributed by atoms with Crippen LogP contribution < -0.4 is 5.32 Å². The van der Waals surface area contributed by atoms with Gasteiger partial charge in [-0.2, -0.15) is 0 Å². The van der Waals surface area contributed by atoms with Gasteiger partial charge in [0.1, 0.15) is 11.9 Å². The summed E-state index contributed by atoms with van der Waals surface area (Å²) in [6, 6.07) is 18.8. The third-order valence-electron chi connectivity index (χ3n) is 4.35. The summed E-state index contributed by atoms with van der Waals surface area (Å²) >= 11 is 0. The quantitative estimate of drug-likeness (QED) is 0.681. The molecule has 1 amide bonds. The highest BCUT2D eigenvalue weighted by atomic mass is 19.1. The Morgan fingerprint density at radius 2 is 1.63 bits per heavy atom. The Kier molecular flexibility index (Phi) is 5.81. The van der Waals surface area contributed by atoms with Gasteiger partial charge in [0.25, 0.3) is 0 Å². The Balaban J connectivity index is 1.71. The first-order valence-electron chi connectivity index (χ1n) is 8.64. The molecule has 3 aromatic rings. The van der Waals surface area contributed by atoms with Crippen molar-refractivity contribution < 1.29 is 18.7 Å². The Morgan fingerprint density at radius 3 is 2.33 bits per heavy atom. The van der Waals surface area contributed by atoms with Crippen LogP contribution in [0.2, 0.25) is 0 Å². The van der Waals surface area contributed by atoms with E-state index in [1.54, 1.807) is 12.1 Å². The minimum atomic E-state index is -0.788. The van der Waals surface area contributed by atoms with Crippen molar-refractivity contribution in [2.45, 2.75) is 18.9 Å². The van der Waals surface area contributed by atoms with Gasteiger partial charge in [0, 0.05) is 6.42 Å². The lowest BCUT2D eigenvalue weighted by Crippen LogP contribution is -2.43. The average Bonchev–Trinajstić information content (AvgIpc) is 2.68. The molecule has 0 spiro atoms. The Hall–Kier alpha value is -3.21. The number of ether oxygens (including phenoxy) is 1. The average molecular weight is 365 g/mol. The van der Waals surface area contributed by atoms with E-state index in [2.05, 4.69) is 5.32 Å². The molecule has 0 saturated heterocycles. The van der Waals surface area contributed by atoms with Crippen molar-refractivity contribution in [3.05, 3.63) is 83.7 Å². The van der Waals surface area contributed by atoms with Gasteiger partial charge in [-0.1, -0.05) is 54.6 Å². The largest absolute Gasteiger partial charge is 0.467 e. The number of hydrogen-bond acceptors (Lipinski definition) is 3. The SMILES string of the molecule is COC(=O)[C@H](Cc1ccc2ccccc2c1)NC(=O)Cc1ccc(F)cc1. The van der Waals surface area contributed by atoms with E-state index in [0.717, 1.165) is 16.3 Å². The number of amides is 1. The lowest BCUT2D eigenvalue weighted by Gasteiger charge is -2.17. The lowest BCUT2D eigenvalue weighted by atomic mass is 10.0. The number of rotatable bonds is 6. The van der Waals surface area contributed by atoms with Crippen LogP contribution in [-0.4, -0.2) is 25.0 Å². The maximum Gasteiger partial charge on any atom is 0.328 e. The van der Waals surface area contributed by atoms with Crippen molar-refractivity contribution in [1.29, 1.82) is 0 Å². The third-order valence-corrected chi connectivity index (χ3v) is 4.35. The molecule has 0 saturated carbocycles. The zero-order chi connectivity index (χ0) is 19.2. The molecule has 1 atom stereocenters. The van der Waals surface area contributed by atoms with Crippen molar-refractivity contribution in [2.24, 2.45) is 0 Å². The fraction of sp³-hybridized carbons (Fsp3) is 0.182. The first-order chi connectivity index (χ1) is 13.0. The molecule has 3 aromatic carbocycles. The Morgan fingerprint density at radius 1 is 0.963 bits per heavy atom. The number of nitrogens with one attached hydrogen (secondary N) is 1. The van der Waals surface area contributed by atoms with Gasteiger partial charge < -0.3 is 10.1 Å². The maximum atomic E-state index is 13.0. The normalized spacial score (nSPS) is 11.8. The van der Waals surface area contributed by atoms with Gasteiger partial charge in [-0.05, 0) is 34.0 Å². The number of carbonyl (C=O) groups excluding carboxylic acids is 2. The molecule has 1 N–H and O–H groups in total. The van der Waals surface area contributed by atoms with E-state index in [1.807, 2.05) is 42.5 Å². The van der Waals surface area contributed by atoms with Crippen LogP contribution in [0.4, 0.5) is 4.39 Å². The second kappa shape index (κ2) is 8.45. The highest BCUT2D eigenvalue weighted by molar-refractivity contribution is 5.86. The zero-order valence-electron chi connectivity index (χ0n) is 14.9. The zero-order valence-corrected chi connectivity index (χ0v) is 14.9. The molecule has 0 bridgehead atoms. The highest BCUT2D eigenvalue weighted by Gasteiger charge is 2.22. The van der Waals surface area contributed by atoms with E-state index in [1.165, 1.54) is 19.2 Å². The van der Waals surface area contributed by atoms with Crippen molar-refractivity contribution in [3.63, 3.8) is 0 Å². The van der Waals surface area contributed by atoms with Gasteiger partial charge in [0.05, 0.1) is 13.5 Å². The molecule has 0 aromatic heterocycles. The fourth-order valence-corrected chi connectivity index (χ4v) is 2.97. The molecular formula is C22H20FNO3. The van der Waals surface area contributed by atoms with Crippen LogP contribution in [0.3, 0.4) is 0 Å². The molecule has 0 fully saturated rings. The smallest absolute Gasteiger partial charge is 0.328 e. The van der Waals surface area contributed by atoms with Crippen molar-refractivity contribution in [2.75, 3.05) is 7.11 Å². The summed E-state index contributed by atoms with van der Waals surface area (Å²) in [5.41, 5.74) is 1.59.